The molecule has 0 aliphatic heterocycles. The Hall–Kier alpha value is -1.06. The first-order valence-corrected chi connectivity index (χ1v) is 4.71. The molecule has 0 aliphatic rings. The minimum Gasteiger partial charge on any atom is -0.489 e. The second kappa shape index (κ2) is 4.64. The number of hydrogen-bond acceptors (Lipinski definition) is 4. The number of alkyl halides is 2. The number of ether oxygens (including phenoxy) is 1. The molecule has 5 nitrogen and oxygen atoms in total. The first-order chi connectivity index (χ1) is 6.99. The van der Waals surface area contributed by atoms with Crippen molar-refractivity contribution in [3.63, 3.8) is 0 Å². The van der Waals surface area contributed by atoms with Crippen molar-refractivity contribution in [2.24, 2.45) is 0 Å². The van der Waals surface area contributed by atoms with Crippen LogP contribution in [0, 0.1) is 13.7 Å². The Balaban J connectivity index is 3.42. The molecule has 0 unspecified atom stereocenters. The van der Waals surface area contributed by atoms with E-state index >= 15 is 0 Å². The van der Waals surface area contributed by atoms with Crippen LogP contribution in [-0.2, 0) is 0 Å². The second-order valence-electron chi connectivity index (χ2n) is 2.43. The SMILES string of the molecule is COc1cnc(C(F)F)c(I)c1[N+](=O)[O-]. The van der Waals surface area contributed by atoms with Crippen LogP contribution in [0.1, 0.15) is 12.1 Å². The zero-order valence-corrected chi connectivity index (χ0v) is 9.57. The van der Waals surface area contributed by atoms with Gasteiger partial charge in [-0.25, -0.2) is 13.8 Å². The van der Waals surface area contributed by atoms with Gasteiger partial charge in [0, 0.05) is 0 Å². The summed E-state index contributed by atoms with van der Waals surface area (Å²) < 4.78 is 29.2. The van der Waals surface area contributed by atoms with Gasteiger partial charge in [-0.1, -0.05) is 0 Å². The third-order valence-electron chi connectivity index (χ3n) is 1.60. The molecule has 15 heavy (non-hydrogen) atoms. The summed E-state index contributed by atoms with van der Waals surface area (Å²) in [5.74, 6) is -0.131. The van der Waals surface area contributed by atoms with Gasteiger partial charge in [0.1, 0.15) is 9.26 Å². The van der Waals surface area contributed by atoms with E-state index in [2.05, 4.69) is 9.72 Å². The fourth-order valence-electron chi connectivity index (χ4n) is 0.947. The Bertz CT molecular complexity index is 400. The molecule has 0 fully saturated rings. The summed E-state index contributed by atoms with van der Waals surface area (Å²) in [5.41, 5.74) is -1.09. The van der Waals surface area contributed by atoms with Gasteiger partial charge in [0.25, 0.3) is 6.43 Å². The molecule has 1 aromatic rings. The Morgan fingerprint density at radius 2 is 2.27 bits per heavy atom. The number of methoxy groups -OCH3 is 1. The van der Waals surface area contributed by atoms with E-state index in [4.69, 9.17) is 0 Å². The van der Waals surface area contributed by atoms with Gasteiger partial charge in [-0.2, -0.15) is 0 Å². The fourth-order valence-corrected chi connectivity index (χ4v) is 1.78. The van der Waals surface area contributed by atoms with Crippen molar-refractivity contribution in [2.45, 2.75) is 6.43 Å². The van der Waals surface area contributed by atoms with Crippen LogP contribution in [0.15, 0.2) is 6.20 Å². The van der Waals surface area contributed by atoms with Crippen molar-refractivity contribution in [2.75, 3.05) is 7.11 Å². The molecule has 0 radical (unpaired) electrons. The van der Waals surface area contributed by atoms with Crippen LogP contribution in [0.2, 0.25) is 0 Å². The molecule has 0 atom stereocenters. The van der Waals surface area contributed by atoms with E-state index in [1.54, 1.807) is 0 Å². The number of nitro groups is 1. The maximum atomic E-state index is 12.4. The quantitative estimate of drug-likeness (QED) is 0.485. The second-order valence-corrected chi connectivity index (χ2v) is 3.51. The third kappa shape index (κ3) is 2.30. The van der Waals surface area contributed by atoms with Gasteiger partial charge < -0.3 is 4.74 Å². The Morgan fingerprint density at radius 1 is 1.67 bits per heavy atom. The average molecular weight is 330 g/mol. The number of hydrogen-bond donors (Lipinski definition) is 0. The molecule has 0 saturated carbocycles. The van der Waals surface area contributed by atoms with Crippen LogP contribution in [0.5, 0.6) is 5.75 Å². The summed E-state index contributed by atoms with van der Waals surface area (Å²) in [5, 5.41) is 10.6. The summed E-state index contributed by atoms with van der Waals surface area (Å²) in [6, 6.07) is 0. The largest absolute Gasteiger partial charge is 0.489 e. The van der Waals surface area contributed by atoms with Crippen LogP contribution in [0.3, 0.4) is 0 Å². The van der Waals surface area contributed by atoms with Crippen LogP contribution < -0.4 is 4.74 Å². The maximum absolute atomic E-state index is 12.4. The highest BCUT2D eigenvalue weighted by atomic mass is 127. The van der Waals surface area contributed by atoms with Gasteiger partial charge >= 0.3 is 5.69 Å². The van der Waals surface area contributed by atoms with Gasteiger partial charge in [0.2, 0.25) is 5.75 Å². The van der Waals surface area contributed by atoms with Gasteiger partial charge in [-0.15, -0.1) is 0 Å². The Labute approximate surface area is 96.7 Å². The summed E-state index contributed by atoms with van der Waals surface area (Å²) >= 11 is 1.46. The van der Waals surface area contributed by atoms with E-state index in [0.717, 1.165) is 6.20 Å². The summed E-state index contributed by atoms with van der Waals surface area (Å²) in [6.45, 7) is 0. The molecule has 0 bridgehead atoms. The van der Waals surface area contributed by atoms with Crippen molar-refractivity contribution in [1.29, 1.82) is 0 Å². The van der Waals surface area contributed by atoms with E-state index in [-0.39, 0.29) is 9.32 Å². The summed E-state index contributed by atoms with van der Waals surface area (Å²) in [7, 11) is 1.21. The highest BCUT2D eigenvalue weighted by Gasteiger charge is 2.27. The molecule has 0 spiro atoms. The van der Waals surface area contributed by atoms with E-state index in [0.29, 0.717) is 0 Å². The van der Waals surface area contributed by atoms with Gasteiger partial charge in [0.05, 0.1) is 18.2 Å². The minimum absolute atomic E-state index is 0.131. The lowest BCUT2D eigenvalue weighted by molar-refractivity contribution is -0.386. The summed E-state index contributed by atoms with van der Waals surface area (Å²) in [4.78, 5) is 13.3. The molecular weight excluding hydrogens is 325 g/mol. The lowest BCUT2D eigenvalue weighted by atomic mass is 10.3. The smallest absolute Gasteiger partial charge is 0.327 e. The Kier molecular flexibility index (Phi) is 3.72. The number of pyridine rings is 1. The molecule has 8 heteroatoms. The van der Waals surface area contributed by atoms with Crippen molar-refractivity contribution in [1.82, 2.24) is 4.98 Å². The fraction of sp³-hybridized carbons (Fsp3) is 0.286. The van der Waals surface area contributed by atoms with Crippen molar-refractivity contribution in [3.05, 3.63) is 25.6 Å². The number of aromatic nitrogens is 1. The van der Waals surface area contributed by atoms with Crippen LogP contribution in [-0.4, -0.2) is 17.0 Å². The predicted molar refractivity (Wildman–Crippen MR) is 55.1 cm³/mol. The average Bonchev–Trinajstić information content (AvgIpc) is 2.15. The van der Waals surface area contributed by atoms with E-state index in [1.165, 1.54) is 29.7 Å². The van der Waals surface area contributed by atoms with E-state index in [1.807, 2.05) is 0 Å². The number of rotatable bonds is 3. The lowest BCUT2D eigenvalue weighted by Gasteiger charge is -2.06. The van der Waals surface area contributed by atoms with E-state index < -0.39 is 22.7 Å². The highest BCUT2D eigenvalue weighted by Crippen LogP contribution is 2.35. The lowest BCUT2D eigenvalue weighted by Crippen LogP contribution is -2.02. The van der Waals surface area contributed by atoms with Crippen LogP contribution >= 0.6 is 22.6 Å². The third-order valence-corrected chi connectivity index (χ3v) is 2.66. The molecule has 1 heterocycles. The monoisotopic (exact) mass is 330 g/mol. The predicted octanol–water partition coefficient (Wildman–Crippen LogP) is 2.54. The standard InChI is InChI=1S/C7H5F2IN2O3/c1-15-3-2-11-5(7(8)9)4(10)6(3)12(13)14/h2,7H,1H3. The summed E-state index contributed by atoms with van der Waals surface area (Å²) in [6.07, 6.45) is -1.93. The topological polar surface area (TPSA) is 65.3 Å². The number of nitrogens with zero attached hydrogens (tertiary/aromatic N) is 2. The molecule has 1 aromatic heterocycles. The first-order valence-electron chi connectivity index (χ1n) is 3.64. The zero-order valence-electron chi connectivity index (χ0n) is 7.41. The molecule has 0 N–H and O–H groups in total. The van der Waals surface area contributed by atoms with Crippen molar-refractivity contribution in [3.8, 4) is 5.75 Å². The van der Waals surface area contributed by atoms with Crippen molar-refractivity contribution >= 4 is 28.3 Å². The van der Waals surface area contributed by atoms with Crippen LogP contribution in [0.25, 0.3) is 0 Å². The first kappa shape index (κ1) is 12.0. The molecular formula is C7H5F2IN2O3. The van der Waals surface area contributed by atoms with Gasteiger partial charge in [-0.05, 0) is 22.6 Å². The highest BCUT2D eigenvalue weighted by molar-refractivity contribution is 14.1. The zero-order chi connectivity index (χ0) is 11.6. The van der Waals surface area contributed by atoms with Crippen molar-refractivity contribution < 1.29 is 18.4 Å². The van der Waals surface area contributed by atoms with Gasteiger partial charge in [0.15, 0.2) is 0 Å². The van der Waals surface area contributed by atoms with Gasteiger partial charge in [-0.3, -0.25) is 10.1 Å². The maximum Gasteiger partial charge on any atom is 0.327 e. The molecule has 82 valence electrons. The van der Waals surface area contributed by atoms with E-state index in [9.17, 15) is 18.9 Å². The molecule has 0 aromatic carbocycles. The number of halogens is 3. The molecule has 0 amide bonds. The normalized spacial score (nSPS) is 10.5. The minimum atomic E-state index is -2.85. The van der Waals surface area contributed by atoms with Crippen LogP contribution in [0.4, 0.5) is 14.5 Å². The molecule has 0 saturated heterocycles. The molecule has 0 aliphatic carbocycles. The molecule has 1 rings (SSSR count). The Morgan fingerprint density at radius 3 is 2.67 bits per heavy atom.